The fraction of sp³-hybridized carbons (Fsp3) is 0.154. The van der Waals surface area contributed by atoms with Gasteiger partial charge in [0.25, 0.3) is 11.8 Å². The van der Waals surface area contributed by atoms with E-state index in [-0.39, 0.29) is 5.57 Å². The molecule has 0 unspecified atom stereocenters. The molecule has 1 heterocycles. The fourth-order valence-corrected chi connectivity index (χ4v) is 1.74. The molecular weight excluding hydrogens is 251 g/mol. The number of urea groups is 1. The Labute approximate surface area is 108 Å². The molecule has 19 heavy (non-hydrogen) atoms. The van der Waals surface area contributed by atoms with E-state index in [2.05, 4.69) is 0 Å². The molecule has 0 bridgehead atoms. The van der Waals surface area contributed by atoms with Gasteiger partial charge in [0, 0.05) is 14.1 Å². The molecular formula is C13H11FN2O3. The van der Waals surface area contributed by atoms with Crippen LogP contribution in [0.5, 0.6) is 0 Å². The molecule has 6 heteroatoms. The Kier molecular flexibility index (Phi) is 3.16. The van der Waals surface area contributed by atoms with Crippen molar-refractivity contribution in [2.24, 2.45) is 0 Å². The minimum Gasteiger partial charge on any atom is -0.268 e. The molecule has 0 atom stereocenters. The summed E-state index contributed by atoms with van der Waals surface area (Å²) in [5.74, 6) is -1.86. The molecule has 0 saturated carbocycles. The largest absolute Gasteiger partial charge is 0.333 e. The maximum Gasteiger partial charge on any atom is 0.333 e. The molecule has 1 aromatic carbocycles. The van der Waals surface area contributed by atoms with Crippen molar-refractivity contribution < 1.29 is 18.8 Å². The molecule has 0 radical (unpaired) electrons. The number of amides is 4. The number of benzene rings is 1. The number of hydrogen-bond acceptors (Lipinski definition) is 3. The van der Waals surface area contributed by atoms with Crippen molar-refractivity contribution in [3.63, 3.8) is 0 Å². The third-order valence-corrected chi connectivity index (χ3v) is 2.80. The average Bonchev–Trinajstić information content (AvgIpc) is 2.39. The van der Waals surface area contributed by atoms with Crippen LogP contribution >= 0.6 is 0 Å². The number of carbonyl (C=O) groups excluding carboxylic acids is 3. The molecule has 0 N–H and O–H groups in total. The molecule has 1 fully saturated rings. The SMILES string of the molecule is CN1C(=O)C(=Cc2cccc(F)c2)C(=O)N(C)C1=O. The summed E-state index contributed by atoms with van der Waals surface area (Å²) in [6, 6.07) is 4.80. The van der Waals surface area contributed by atoms with Gasteiger partial charge in [-0.25, -0.2) is 9.18 Å². The van der Waals surface area contributed by atoms with Gasteiger partial charge in [-0.15, -0.1) is 0 Å². The number of hydrogen-bond donors (Lipinski definition) is 0. The van der Waals surface area contributed by atoms with Gasteiger partial charge in [0.2, 0.25) is 0 Å². The Balaban J connectivity index is 2.45. The van der Waals surface area contributed by atoms with Gasteiger partial charge in [0.05, 0.1) is 0 Å². The van der Waals surface area contributed by atoms with Crippen molar-refractivity contribution in [1.29, 1.82) is 0 Å². The maximum absolute atomic E-state index is 13.1. The van der Waals surface area contributed by atoms with Gasteiger partial charge >= 0.3 is 6.03 Å². The lowest BCUT2D eigenvalue weighted by Gasteiger charge is -2.28. The van der Waals surface area contributed by atoms with E-state index in [1.54, 1.807) is 6.07 Å². The van der Waals surface area contributed by atoms with Crippen molar-refractivity contribution in [2.75, 3.05) is 14.1 Å². The molecule has 0 spiro atoms. The van der Waals surface area contributed by atoms with Crippen molar-refractivity contribution in [3.8, 4) is 0 Å². The summed E-state index contributed by atoms with van der Waals surface area (Å²) < 4.78 is 13.1. The van der Waals surface area contributed by atoms with Gasteiger partial charge in [0.1, 0.15) is 11.4 Å². The first-order chi connectivity index (χ1) is 8.91. The van der Waals surface area contributed by atoms with Gasteiger partial charge < -0.3 is 0 Å². The van der Waals surface area contributed by atoms with E-state index >= 15 is 0 Å². The van der Waals surface area contributed by atoms with Crippen LogP contribution in [0.3, 0.4) is 0 Å². The Morgan fingerprint density at radius 1 is 1.05 bits per heavy atom. The Bertz CT molecular complexity index is 584. The standard InChI is InChI=1S/C13H11FN2O3/c1-15-11(17)10(12(18)16(2)13(15)19)7-8-4-3-5-9(14)6-8/h3-7H,1-2H3. The topological polar surface area (TPSA) is 57.7 Å². The normalized spacial score (nSPS) is 16.2. The van der Waals surface area contributed by atoms with Gasteiger partial charge in [-0.05, 0) is 23.8 Å². The predicted octanol–water partition coefficient (Wildman–Crippen LogP) is 1.26. The molecule has 0 aromatic heterocycles. The molecule has 2 rings (SSSR count). The Morgan fingerprint density at radius 3 is 2.16 bits per heavy atom. The molecule has 5 nitrogen and oxygen atoms in total. The van der Waals surface area contributed by atoms with Gasteiger partial charge in [-0.1, -0.05) is 12.1 Å². The molecule has 1 aromatic rings. The van der Waals surface area contributed by atoms with Crippen molar-refractivity contribution in [3.05, 3.63) is 41.2 Å². The molecule has 98 valence electrons. The van der Waals surface area contributed by atoms with Crippen LogP contribution in [0.1, 0.15) is 5.56 Å². The number of imide groups is 2. The van der Waals surface area contributed by atoms with E-state index in [4.69, 9.17) is 0 Å². The van der Waals surface area contributed by atoms with E-state index in [0.717, 1.165) is 9.80 Å². The molecule has 1 aliphatic rings. The van der Waals surface area contributed by atoms with Crippen LogP contribution in [-0.2, 0) is 9.59 Å². The average molecular weight is 262 g/mol. The third kappa shape index (κ3) is 2.24. The summed E-state index contributed by atoms with van der Waals surface area (Å²) in [6.45, 7) is 0. The van der Waals surface area contributed by atoms with Crippen LogP contribution in [0, 0.1) is 5.82 Å². The summed E-state index contributed by atoms with van der Waals surface area (Å²) in [4.78, 5) is 37.0. The summed E-state index contributed by atoms with van der Waals surface area (Å²) in [5, 5.41) is 0. The third-order valence-electron chi connectivity index (χ3n) is 2.80. The summed E-state index contributed by atoms with van der Waals surface area (Å²) in [7, 11) is 2.57. The second-order valence-corrected chi connectivity index (χ2v) is 4.12. The highest BCUT2D eigenvalue weighted by Gasteiger charge is 2.37. The zero-order chi connectivity index (χ0) is 14.2. The molecule has 1 saturated heterocycles. The maximum atomic E-state index is 13.1. The van der Waals surface area contributed by atoms with Gasteiger partial charge in [-0.3, -0.25) is 19.4 Å². The van der Waals surface area contributed by atoms with E-state index < -0.39 is 23.7 Å². The van der Waals surface area contributed by atoms with Crippen molar-refractivity contribution >= 4 is 23.9 Å². The van der Waals surface area contributed by atoms with Crippen LogP contribution in [0.4, 0.5) is 9.18 Å². The Morgan fingerprint density at radius 2 is 1.63 bits per heavy atom. The van der Waals surface area contributed by atoms with Crippen LogP contribution in [0.2, 0.25) is 0 Å². The van der Waals surface area contributed by atoms with E-state index in [0.29, 0.717) is 5.56 Å². The smallest absolute Gasteiger partial charge is 0.268 e. The van der Waals surface area contributed by atoms with Gasteiger partial charge in [0.15, 0.2) is 0 Å². The molecule has 4 amide bonds. The van der Waals surface area contributed by atoms with Crippen LogP contribution < -0.4 is 0 Å². The zero-order valence-corrected chi connectivity index (χ0v) is 10.4. The quantitative estimate of drug-likeness (QED) is 0.565. The second-order valence-electron chi connectivity index (χ2n) is 4.12. The predicted molar refractivity (Wildman–Crippen MR) is 65.3 cm³/mol. The first kappa shape index (κ1) is 12.9. The van der Waals surface area contributed by atoms with Crippen LogP contribution in [0.25, 0.3) is 6.08 Å². The summed E-state index contributed by atoms with van der Waals surface area (Å²) in [6.07, 6.45) is 1.27. The summed E-state index contributed by atoms with van der Waals surface area (Å²) in [5.41, 5.74) is 0.211. The lowest BCUT2D eigenvalue weighted by molar-refractivity contribution is -0.134. The van der Waals surface area contributed by atoms with Crippen molar-refractivity contribution in [2.45, 2.75) is 0 Å². The van der Waals surface area contributed by atoms with E-state index in [9.17, 15) is 18.8 Å². The van der Waals surface area contributed by atoms with Crippen LogP contribution in [0.15, 0.2) is 29.8 Å². The molecule has 1 aliphatic heterocycles. The highest BCUT2D eigenvalue weighted by Crippen LogP contribution is 2.18. The molecule has 0 aliphatic carbocycles. The fourth-order valence-electron chi connectivity index (χ4n) is 1.74. The number of likely N-dealkylation sites (N-methyl/N-ethyl adjacent to an activating group) is 2. The number of rotatable bonds is 1. The van der Waals surface area contributed by atoms with E-state index in [1.807, 2.05) is 0 Å². The minimum atomic E-state index is -0.697. The van der Waals surface area contributed by atoms with E-state index in [1.165, 1.54) is 38.4 Å². The first-order valence-corrected chi connectivity index (χ1v) is 5.49. The van der Waals surface area contributed by atoms with Gasteiger partial charge in [-0.2, -0.15) is 0 Å². The van der Waals surface area contributed by atoms with Crippen molar-refractivity contribution in [1.82, 2.24) is 9.80 Å². The number of halogens is 1. The highest BCUT2D eigenvalue weighted by molar-refractivity contribution is 6.30. The lowest BCUT2D eigenvalue weighted by atomic mass is 10.1. The number of carbonyl (C=O) groups is 3. The van der Waals surface area contributed by atoms with Crippen LogP contribution in [-0.4, -0.2) is 41.7 Å². The zero-order valence-electron chi connectivity index (χ0n) is 10.4. The Hall–Kier alpha value is -2.50. The first-order valence-electron chi connectivity index (χ1n) is 5.49. The number of nitrogens with zero attached hydrogens (tertiary/aromatic N) is 2. The minimum absolute atomic E-state index is 0.171. The monoisotopic (exact) mass is 262 g/mol. The highest BCUT2D eigenvalue weighted by atomic mass is 19.1. The second kappa shape index (κ2) is 4.64. The lowest BCUT2D eigenvalue weighted by Crippen LogP contribution is -2.52. The number of barbiturate groups is 1. The summed E-state index contributed by atoms with van der Waals surface area (Å²) >= 11 is 0.